The Hall–Kier alpha value is -3.35. The smallest absolute Gasteiger partial charge is 0.407 e. The van der Waals surface area contributed by atoms with E-state index in [1.807, 2.05) is 31.2 Å². The Morgan fingerprint density at radius 2 is 1.55 bits per heavy atom. The van der Waals surface area contributed by atoms with Crippen molar-refractivity contribution in [2.75, 3.05) is 6.61 Å². The van der Waals surface area contributed by atoms with Crippen molar-refractivity contribution >= 4 is 18.0 Å². The number of carboxylic acid groups (broad SMARTS) is 1. The van der Waals surface area contributed by atoms with Gasteiger partial charge in [-0.05, 0) is 54.4 Å². The molecule has 2 aromatic carbocycles. The summed E-state index contributed by atoms with van der Waals surface area (Å²) in [5.41, 5.74) is 4.58. The fraction of sp³-hybridized carbons (Fsp3) is 0.423. The highest BCUT2D eigenvalue weighted by atomic mass is 16.5. The van der Waals surface area contributed by atoms with E-state index in [9.17, 15) is 14.4 Å². The number of hydrogen-bond acceptors (Lipinski definition) is 4. The Bertz CT molecular complexity index is 983. The summed E-state index contributed by atoms with van der Waals surface area (Å²) in [7, 11) is 0. The summed E-state index contributed by atoms with van der Waals surface area (Å²) in [5.74, 6) is -1.41. The van der Waals surface area contributed by atoms with Crippen LogP contribution in [0.4, 0.5) is 4.79 Å². The quantitative estimate of drug-likeness (QED) is 0.590. The van der Waals surface area contributed by atoms with Gasteiger partial charge in [0.1, 0.15) is 12.6 Å². The molecule has 1 fully saturated rings. The van der Waals surface area contributed by atoms with Crippen molar-refractivity contribution < 1.29 is 24.2 Å². The van der Waals surface area contributed by atoms with Crippen LogP contribution in [0.5, 0.6) is 0 Å². The maximum Gasteiger partial charge on any atom is 0.407 e. The first-order valence-electron chi connectivity index (χ1n) is 11.6. The highest BCUT2D eigenvalue weighted by molar-refractivity contribution is 5.86. The van der Waals surface area contributed by atoms with Crippen molar-refractivity contribution in [1.82, 2.24) is 10.6 Å². The van der Waals surface area contributed by atoms with Gasteiger partial charge >= 0.3 is 12.1 Å². The lowest BCUT2D eigenvalue weighted by Gasteiger charge is -2.28. The van der Waals surface area contributed by atoms with E-state index in [-0.39, 0.29) is 30.4 Å². The van der Waals surface area contributed by atoms with Crippen LogP contribution in [-0.2, 0) is 14.3 Å². The third-order valence-corrected chi connectivity index (χ3v) is 6.78. The number of hydrogen-bond donors (Lipinski definition) is 3. The minimum atomic E-state index is -0.775. The molecule has 7 nitrogen and oxygen atoms in total. The van der Waals surface area contributed by atoms with Crippen LogP contribution in [-0.4, -0.2) is 41.8 Å². The molecule has 0 saturated heterocycles. The molecule has 0 bridgehead atoms. The number of nitrogens with one attached hydrogen (secondary N) is 2. The van der Waals surface area contributed by atoms with Crippen molar-refractivity contribution in [3.8, 4) is 11.1 Å². The van der Waals surface area contributed by atoms with Gasteiger partial charge in [-0.25, -0.2) is 4.79 Å². The first-order chi connectivity index (χ1) is 16.0. The number of ether oxygens (including phenoxy) is 1. The van der Waals surface area contributed by atoms with E-state index in [0.717, 1.165) is 22.3 Å². The lowest BCUT2D eigenvalue weighted by atomic mass is 9.86. The molecule has 0 heterocycles. The number of amides is 2. The third kappa shape index (κ3) is 5.02. The van der Waals surface area contributed by atoms with Crippen LogP contribution < -0.4 is 10.6 Å². The van der Waals surface area contributed by atoms with Crippen molar-refractivity contribution in [2.45, 2.75) is 57.0 Å². The summed E-state index contributed by atoms with van der Waals surface area (Å²) in [4.78, 5) is 36.3. The summed E-state index contributed by atoms with van der Waals surface area (Å²) in [6.07, 6.45) is 2.18. The number of rotatable bonds is 7. The van der Waals surface area contributed by atoms with Crippen LogP contribution in [0.2, 0.25) is 0 Å². The predicted molar refractivity (Wildman–Crippen MR) is 124 cm³/mol. The highest BCUT2D eigenvalue weighted by Crippen LogP contribution is 2.44. The van der Waals surface area contributed by atoms with Gasteiger partial charge in [-0.1, -0.05) is 55.5 Å². The number of carbonyl (C=O) groups is 3. The molecule has 7 heteroatoms. The minimum absolute atomic E-state index is 0.0403. The number of fused-ring (bicyclic) bond motifs is 3. The molecule has 2 amide bonds. The zero-order valence-corrected chi connectivity index (χ0v) is 18.8. The maximum atomic E-state index is 12.7. The summed E-state index contributed by atoms with van der Waals surface area (Å²) < 4.78 is 5.56. The van der Waals surface area contributed by atoms with E-state index in [1.54, 1.807) is 0 Å². The fourth-order valence-corrected chi connectivity index (χ4v) is 4.92. The SMILES string of the molecule is CC[C@H](NC(=O)OCC1c2ccccc2-c2ccccc21)C(=O)NC1CCC(C(=O)O)CC1. The number of carboxylic acids is 1. The van der Waals surface area contributed by atoms with E-state index in [1.165, 1.54) is 0 Å². The zero-order chi connectivity index (χ0) is 23.4. The first-order valence-corrected chi connectivity index (χ1v) is 11.6. The molecule has 2 aromatic rings. The molecule has 2 aliphatic carbocycles. The molecule has 1 saturated carbocycles. The average Bonchev–Trinajstić information content (AvgIpc) is 3.15. The van der Waals surface area contributed by atoms with Gasteiger partial charge < -0.3 is 20.5 Å². The molecule has 0 unspecified atom stereocenters. The maximum absolute atomic E-state index is 12.7. The lowest BCUT2D eigenvalue weighted by molar-refractivity contribution is -0.142. The van der Waals surface area contributed by atoms with Crippen LogP contribution in [0.1, 0.15) is 56.1 Å². The predicted octanol–water partition coefficient (Wildman–Crippen LogP) is 4.06. The van der Waals surface area contributed by atoms with E-state index < -0.39 is 18.1 Å². The second kappa shape index (κ2) is 10.1. The fourth-order valence-electron chi connectivity index (χ4n) is 4.92. The van der Waals surface area contributed by atoms with Gasteiger partial charge in [-0.15, -0.1) is 0 Å². The minimum Gasteiger partial charge on any atom is -0.481 e. The Morgan fingerprint density at radius 1 is 0.970 bits per heavy atom. The largest absolute Gasteiger partial charge is 0.481 e. The van der Waals surface area contributed by atoms with Gasteiger partial charge in [0.25, 0.3) is 0 Å². The first kappa shape index (κ1) is 22.8. The Labute approximate surface area is 193 Å². The highest BCUT2D eigenvalue weighted by Gasteiger charge is 2.31. The summed E-state index contributed by atoms with van der Waals surface area (Å²) in [6, 6.07) is 15.5. The molecule has 0 radical (unpaired) electrons. The van der Waals surface area contributed by atoms with Crippen LogP contribution in [0.15, 0.2) is 48.5 Å². The summed E-state index contributed by atoms with van der Waals surface area (Å²) in [5, 5.41) is 14.8. The molecule has 0 spiro atoms. The van der Waals surface area contributed by atoms with Crippen LogP contribution in [0, 0.1) is 5.92 Å². The van der Waals surface area contributed by atoms with Crippen molar-refractivity contribution in [1.29, 1.82) is 0 Å². The number of aliphatic carboxylic acids is 1. The van der Waals surface area contributed by atoms with E-state index >= 15 is 0 Å². The number of alkyl carbamates (subject to hydrolysis) is 1. The van der Waals surface area contributed by atoms with Gasteiger partial charge in [-0.2, -0.15) is 0 Å². The lowest BCUT2D eigenvalue weighted by Crippen LogP contribution is -2.50. The van der Waals surface area contributed by atoms with Crippen LogP contribution in [0.3, 0.4) is 0 Å². The number of benzene rings is 2. The van der Waals surface area contributed by atoms with Crippen LogP contribution >= 0.6 is 0 Å². The third-order valence-electron chi connectivity index (χ3n) is 6.78. The van der Waals surface area contributed by atoms with Gasteiger partial charge in [-0.3, -0.25) is 9.59 Å². The van der Waals surface area contributed by atoms with Gasteiger partial charge in [0.2, 0.25) is 5.91 Å². The topological polar surface area (TPSA) is 105 Å². The normalized spacial score (nSPS) is 20.3. The second-order valence-corrected chi connectivity index (χ2v) is 8.83. The Kier molecular flexibility index (Phi) is 6.96. The Balaban J connectivity index is 1.31. The van der Waals surface area contributed by atoms with E-state index in [2.05, 4.69) is 34.9 Å². The zero-order valence-electron chi connectivity index (χ0n) is 18.8. The van der Waals surface area contributed by atoms with Crippen LogP contribution in [0.25, 0.3) is 11.1 Å². The molecular formula is C26H30N2O5. The van der Waals surface area contributed by atoms with Gasteiger partial charge in [0.05, 0.1) is 5.92 Å². The molecule has 2 aliphatic rings. The summed E-state index contributed by atoms with van der Waals surface area (Å²) >= 11 is 0. The monoisotopic (exact) mass is 450 g/mol. The van der Waals surface area contributed by atoms with Crippen molar-refractivity contribution in [3.63, 3.8) is 0 Å². The molecular weight excluding hydrogens is 420 g/mol. The molecule has 3 N–H and O–H groups in total. The Morgan fingerprint density at radius 3 is 2.09 bits per heavy atom. The summed E-state index contributed by atoms with van der Waals surface area (Å²) in [6.45, 7) is 2.02. The van der Waals surface area contributed by atoms with Crippen molar-refractivity contribution in [3.05, 3.63) is 59.7 Å². The second-order valence-electron chi connectivity index (χ2n) is 8.83. The van der Waals surface area contributed by atoms with E-state index in [0.29, 0.717) is 32.1 Å². The number of carbonyl (C=O) groups excluding carboxylic acids is 2. The average molecular weight is 451 g/mol. The van der Waals surface area contributed by atoms with Crippen molar-refractivity contribution in [2.24, 2.45) is 5.92 Å². The molecule has 0 aromatic heterocycles. The molecule has 174 valence electrons. The standard InChI is InChI=1S/C26H30N2O5/c1-2-23(24(29)27-17-13-11-16(12-14-17)25(30)31)28-26(32)33-15-22-20-9-5-3-7-18(20)19-8-4-6-10-21(19)22/h3-10,16-17,22-23H,2,11-15H2,1H3,(H,27,29)(H,28,32)(H,30,31)/t16?,17?,23-/m0/s1. The van der Waals surface area contributed by atoms with E-state index in [4.69, 9.17) is 9.84 Å². The molecule has 33 heavy (non-hydrogen) atoms. The molecule has 1 atom stereocenters. The molecule has 4 rings (SSSR count). The van der Waals surface area contributed by atoms with Gasteiger partial charge in [0.15, 0.2) is 0 Å². The van der Waals surface area contributed by atoms with Gasteiger partial charge in [0, 0.05) is 12.0 Å². The molecule has 0 aliphatic heterocycles.